The van der Waals surface area contributed by atoms with E-state index in [9.17, 15) is 9.59 Å². The van der Waals surface area contributed by atoms with Crippen LogP contribution in [0.5, 0.6) is 11.5 Å². The van der Waals surface area contributed by atoms with Crippen LogP contribution in [-0.4, -0.2) is 49.6 Å². The summed E-state index contributed by atoms with van der Waals surface area (Å²) >= 11 is 0. The van der Waals surface area contributed by atoms with Gasteiger partial charge in [-0.15, -0.1) is 0 Å². The fourth-order valence-corrected chi connectivity index (χ4v) is 5.06. The fourth-order valence-electron chi connectivity index (χ4n) is 5.06. The molecule has 2 fully saturated rings. The van der Waals surface area contributed by atoms with E-state index in [1.807, 2.05) is 37.8 Å². The third-order valence-electron chi connectivity index (χ3n) is 7.03. The molecule has 2 amide bonds. The van der Waals surface area contributed by atoms with Crippen LogP contribution in [-0.2, 0) is 9.59 Å². The second-order valence-corrected chi connectivity index (χ2v) is 10.5. The first-order valence-electron chi connectivity index (χ1n) is 10.9. The van der Waals surface area contributed by atoms with Gasteiger partial charge in [-0.25, -0.2) is 0 Å². The largest absolute Gasteiger partial charge is 0.497 e. The standard InChI is InChI=1S/C25H36N2O4/c1-15-21-19(25(21,5)6)14-27(15)23(29)22(24(2,3)4)26-20(28)10-9-16-11-17(30-7)13-18(12-16)31-8/h9-13,15,19,21-22H,14H2,1-8H3,(H,26,28)/b10-9+/t15-,19+,21-,22-/m1/s1. The number of hydrogen-bond donors (Lipinski definition) is 1. The number of likely N-dealkylation sites (tertiary alicyclic amines) is 1. The summed E-state index contributed by atoms with van der Waals surface area (Å²) in [5.74, 6) is 2.11. The van der Waals surface area contributed by atoms with E-state index in [4.69, 9.17) is 9.47 Å². The first kappa shape index (κ1) is 23.2. The highest BCUT2D eigenvalue weighted by Crippen LogP contribution is 2.64. The van der Waals surface area contributed by atoms with E-state index in [-0.39, 0.29) is 17.9 Å². The van der Waals surface area contributed by atoms with Gasteiger partial charge < -0.3 is 19.7 Å². The van der Waals surface area contributed by atoms with Gasteiger partial charge in [-0.3, -0.25) is 9.59 Å². The van der Waals surface area contributed by atoms with Gasteiger partial charge in [0.15, 0.2) is 0 Å². The van der Waals surface area contributed by atoms with Crippen LogP contribution in [0.2, 0.25) is 0 Å². The van der Waals surface area contributed by atoms with Crippen molar-refractivity contribution in [3.63, 3.8) is 0 Å². The number of benzene rings is 1. The van der Waals surface area contributed by atoms with Crippen LogP contribution in [0.25, 0.3) is 6.08 Å². The highest BCUT2D eigenvalue weighted by molar-refractivity contribution is 5.96. The lowest BCUT2D eigenvalue weighted by Gasteiger charge is -2.37. The molecule has 31 heavy (non-hydrogen) atoms. The van der Waals surface area contributed by atoms with Crippen LogP contribution in [0, 0.1) is 22.7 Å². The molecule has 1 N–H and O–H groups in total. The average Bonchev–Trinajstić information content (AvgIpc) is 3.04. The Hall–Kier alpha value is -2.50. The highest BCUT2D eigenvalue weighted by atomic mass is 16.5. The zero-order chi connectivity index (χ0) is 23.1. The molecule has 1 aliphatic heterocycles. The summed E-state index contributed by atoms with van der Waals surface area (Å²) in [6.45, 7) is 13.4. The zero-order valence-corrected chi connectivity index (χ0v) is 20.0. The number of ether oxygens (including phenoxy) is 2. The average molecular weight is 429 g/mol. The molecule has 0 unspecified atom stereocenters. The second kappa shape index (κ2) is 8.21. The topological polar surface area (TPSA) is 67.9 Å². The number of piperidine rings is 1. The minimum Gasteiger partial charge on any atom is -0.497 e. The Morgan fingerprint density at radius 2 is 1.74 bits per heavy atom. The predicted molar refractivity (Wildman–Crippen MR) is 122 cm³/mol. The molecule has 4 atom stereocenters. The molecular weight excluding hydrogens is 392 g/mol. The minimum absolute atomic E-state index is 0.00722. The number of methoxy groups -OCH3 is 2. The van der Waals surface area contributed by atoms with Crippen molar-refractivity contribution in [1.82, 2.24) is 10.2 Å². The minimum atomic E-state index is -0.590. The van der Waals surface area contributed by atoms with Crippen LogP contribution in [0.1, 0.15) is 47.1 Å². The van der Waals surface area contributed by atoms with Gasteiger partial charge in [-0.05, 0) is 53.4 Å². The molecule has 1 aromatic carbocycles. The Morgan fingerprint density at radius 3 is 2.19 bits per heavy atom. The summed E-state index contributed by atoms with van der Waals surface area (Å²) in [6, 6.07) is 5.02. The Bertz CT molecular complexity index is 862. The van der Waals surface area contributed by atoms with E-state index in [1.54, 1.807) is 26.4 Å². The summed E-state index contributed by atoms with van der Waals surface area (Å²) in [6.07, 6.45) is 3.15. The number of nitrogens with zero attached hydrogens (tertiary/aromatic N) is 1. The van der Waals surface area contributed by atoms with Gasteiger partial charge in [0.25, 0.3) is 0 Å². The maximum atomic E-state index is 13.4. The third kappa shape index (κ3) is 4.58. The van der Waals surface area contributed by atoms with E-state index in [0.29, 0.717) is 28.7 Å². The van der Waals surface area contributed by atoms with Crippen molar-refractivity contribution in [3.8, 4) is 11.5 Å². The molecule has 1 aliphatic carbocycles. The molecule has 0 radical (unpaired) electrons. The normalized spacial score (nSPS) is 25.2. The molecule has 0 aromatic heterocycles. The van der Waals surface area contributed by atoms with Crippen LogP contribution in [0.15, 0.2) is 24.3 Å². The summed E-state index contributed by atoms with van der Waals surface area (Å²) in [5, 5.41) is 2.95. The molecule has 2 aliphatic rings. The molecule has 0 bridgehead atoms. The van der Waals surface area contributed by atoms with Crippen molar-refractivity contribution in [2.24, 2.45) is 22.7 Å². The lowest BCUT2D eigenvalue weighted by Crippen LogP contribution is -2.56. The molecule has 3 rings (SSSR count). The van der Waals surface area contributed by atoms with Gasteiger partial charge in [0.05, 0.1) is 14.2 Å². The van der Waals surface area contributed by atoms with E-state index in [1.165, 1.54) is 6.08 Å². The monoisotopic (exact) mass is 428 g/mol. The van der Waals surface area contributed by atoms with Crippen LogP contribution in [0.4, 0.5) is 0 Å². The third-order valence-corrected chi connectivity index (χ3v) is 7.03. The number of fused-ring (bicyclic) bond motifs is 1. The molecule has 1 saturated heterocycles. The Kier molecular flexibility index (Phi) is 6.14. The maximum Gasteiger partial charge on any atom is 0.245 e. The zero-order valence-electron chi connectivity index (χ0n) is 20.0. The molecule has 1 saturated carbocycles. The van der Waals surface area contributed by atoms with E-state index < -0.39 is 11.5 Å². The lowest BCUT2D eigenvalue weighted by molar-refractivity contribution is -0.140. The van der Waals surface area contributed by atoms with Crippen LogP contribution >= 0.6 is 0 Å². The molecule has 170 valence electrons. The molecule has 6 nitrogen and oxygen atoms in total. The Morgan fingerprint density at radius 1 is 1.16 bits per heavy atom. The van der Waals surface area contributed by atoms with Crippen molar-refractivity contribution in [1.29, 1.82) is 0 Å². The van der Waals surface area contributed by atoms with Crippen molar-refractivity contribution in [3.05, 3.63) is 29.8 Å². The summed E-state index contributed by atoms with van der Waals surface area (Å²) in [7, 11) is 3.16. The quantitative estimate of drug-likeness (QED) is 0.701. The van der Waals surface area contributed by atoms with Gasteiger partial charge in [0.1, 0.15) is 17.5 Å². The van der Waals surface area contributed by atoms with E-state index >= 15 is 0 Å². The lowest BCUT2D eigenvalue weighted by atomic mass is 9.85. The number of amides is 2. The predicted octanol–water partition coefficient (Wildman–Crippen LogP) is 3.75. The van der Waals surface area contributed by atoms with E-state index in [0.717, 1.165) is 12.1 Å². The summed E-state index contributed by atoms with van der Waals surface area (Å²) in [5.41, 5.74) is 0.694. The summed E-state index contributed by atoms with van der Waals surface area (Å²) < 4.78 is 10.5. The van der Waals surface area contributed by atoms with Crippen molar-refractivity contribution >= 4 is 17.9 Å². The fraction of sp³-hybridized carbons (Fsp3) is 0.600. The maximum absolute atomic E-state index is 13.4. The van der Waals surface area contributed by atoms with Crippen LogP contribution < -0.4 is 14.8 Å². The van der Waals surface area contributed by atoms with Gasteiger partial charge in [-0.1, -0.05) is 34.6 Å². The summed E-state index contributed by atoms with van der Waals surface area (Å²) in [4.78, 5) is 28.1. The van der Waals surface area contributed by atoms with E-state index in [2.05, 4.69) is 26.1 Å². The molecule has 1 aromatic rings. The smallest absolute Gasteiger partial charge is 0.245 e. The van der Waals surface area contributed by atoms with Gasteiger partial charge in [0, 0.05) is 24.7 Å². The number of carbonyl (C=O) groups excluding carboxylic acids is 2. The molecule has 1 heterocycles. The van der Waals surface area contributed by atoms with Crippen molar-refractivity contribution in [2.45, 2.75) is 53.6 Å². The van der Waals surface area contributed by atoms with Crippen molar-refractivity contribution < 1.29 is 19.1 Å². The highest BCUT2D eigenvalue weighted by Gasteiger charge is 2.66. The first-order chi connectivity index (χ1) is 14.4. The Labute approximate surface area is 186 Å². The van der Waals surface area contributed by atoms with Gasteiger partial charge >= 0.3 is 0 Å². The number of rotatable bonds is 6. The molecular formula is C25H36N2O4. The number of carbonyl (C=O) groups is 2. The molecule has 0 spiro atoms. The molecule has 6 heteroatoms. The second-order valence-electron chi connectivity index (χ2n) is 10.5. The van der Waals surface area contributed by atoms with Crippen LogP contribution in [0.3, 0.4) is 0 Å². The first-order valence-corrected chi connectivity index (χ1v) is 10.9. The number of nitrogens with one attached hydrogen (secondary N) is 1. The Balaban J connectivity index is 1.71. The SMILES string of the molecule is COc1cc(/C=C/C(=O)N[C@H](C(=O)N2C[C@H]3[C@@H]([C@H]2C)C3(C)C)C(C)(C)C)cc(OC)c1. The number of hydrogen-bond acceptors (Lipinski definition) is 4. The van der Waals surface area contributed by atoms with Gasteiger partial charge in [-0.2, -0.15) is 0 Å². The van der Waals surface area contributed by atoms with Gasteiger partial charge in [0.2, 0.25) is 11.8 Å². The van der Waals surface area contributed by atoms with Crippen molar-refractivity contribution in [2.75, 3.05) is 20.8 Å².